The third-order valence-corrected chi connectivity index (χ3v) is 5.17. The fourth-order valence-corrected chi connectivity index (χ4v) is 3.85. The summed E-state index contributed by atoms with van der Waals surface area (Å²) in [4.78, 5) is 2.57. The smallest absolute Gasteiger partial charge is 0.139 e. The van der Waals surface area contributed by atoms with Crippen LogP contribution in [0.15, 0.2) is 47.1 Å². The van der Waals surface area contributed by atoms with Gasteiger partial charge in [0.05, 0.1) is 0 Å². The first kappa shape index (κ1) is 16.1. The molecule has 0 aliphatic carbocycles. The van der Waals surface area contributed by atoms with Crippen LogP contribution in [0.5, 0.6) is 5.75 Å². The highest BCUT2D eigenvalue weighted by Crippen LogP contribution is 2.26. The molecule has 5 nitrogen and oxygen atoms in total. The first-order valence-corrected chi connectivity index (χ1v) is 9.02. The zero-order chi connectivity index (χ0) is 17.1. The van der Waals surface area contributed by atoms with Crippen molar-refractivity contribution in [2.45, 2.75) is 44.7 Å². The van der Waals surface area contributed by atoms with Crippen LogP contribution in [0.4, 0.5) is 0 Å². The molecule has 0 amide bonds. The molecule has 1 unspecified atom stereocenters. The second kappa shape index (κ2) is 7.23. The predicted octanol–water partition coefficient (Wildman–Crippen LogP) is 3.92. The summed E-state index contributed by atoms with van der Waals surface area (Å²) in [5, 5.41) is 17.7. The summed E-state index contributed by atoms with van der Waals surface area (Å²) in [6.45, 7) is 2.00. The van der Waals surface area contributed by atoms with Crippen molar-refractivity contribution in [2.75, 3.05) is 6.54 Å². The SMILES string of the molecule is Oc1cccc(CCC2CCCCN2Cc2cccc3nonc23)c1. The van der Waals surface area contributed by atoms with Crippen molar-refractivity contribution in [3.05, 3.63) is 53.6 Å². The maximum Gasteiger partial charge on any atom is 0.139 e. The molecule has 5 heteroatoms. The zero-order valence-corrected chi connectivity index (χ0v) is 14.3. The van der Waals surface area contributed by atoms with Crippen LogP contribution in [-0.4, -0.2) is 32.9 Å². The minimum absolute atomic E-state index is 0.350. The molecule has 1 atom stereocenters. The van der Waals surface area contributed by atoms with Gasteiger partial charge in [-0.2, -0.15) is 0 Å². The van der Waals surface area contributed by atoms with Gasteiger partial charge in [0.25, 0.3) is 0 Å². The van der Waals surface area contributed by atoms with E-state index in [-0.39, 0.29) is 0 Å². The number of phenols is 1. The Bertz CT molecular complexity index is 846. The fourth-order valence-electron chi connectivity index (χ4n) is 3.85. The van der Waals surface area contributed by atoms with Gasteiger partial charge in [0.15, 0.2) is 0 Å². The third-order valence-electron chi connectivity index (χ3n) is 5.17. The van der Waals surface area contributed by atoms with Crippen LogP contribution in [0.1, 0.15) is 36.8 Å². The topological polar surface area (TPSA) is 62.4 Å². The van der Waals surface area contributed by atoms with Crippen LogP contribution >= 0.6 is 0 Å². The van der Waals surface area contributed by atoms with Gasteiger partial charge in [-0.1, -0.05) is 30.7 Å². The molecule has 3 aromatic rings. The Kier molecular flexibility index (Phi) is 4.65. The van der Waals surface area contributed by atoms with E-state index in [4.69, 9.17) is 4.63 Å². The van der Waals surface area contributed by atoms with E-state index in [1.165, 1.54) is 30.4 Å². The van der Waals surface area contributed by atoms with E-state index >= 15 is 0 Å². The molecular weight excluding hydrogens is 314 g/mol. The molecule has 0 radical (unpaired) electrons. The van der Waals surface area contributed by atoms with Crippen LogP contribution in [0.2, 0.25) is 0 Å². The number of rotatable bonds is 5. The highest BCUT2D eigenvalue weighted by Gasteiger charge is 2.23. The normalized spacial score (nSPS) is 18.6. The molecule has 0 saturated carbocycles. The largest absolute Gasteiger partial charge is 0.508 e. The van der Waals surface area contributed by atoms with Gasteiger partial charge in [-0.3, -0.25) is 4.90 Å². The van der Waals surface area contributed by atoms with Crippen molar-refractivity contribution in [1.29, 1.82) is 0 Å². The van der Waals surface area contributed by atoms with E-state index in [1.807, 2.05) is 24.3 Å². The Hall–Kier alpha value is -2.40. The second-order valence-corrected chi connectivity index (χ2v) is 6.88. The Morgan fingerprint density at radius 1 is 1.12 bits per heavy atom. The first-order chi connectivity index (χ1) is 12.3. The molecule has 1 aromatic heterocycles. The lowest BCUT2D eigenvalue weighted by molar-refractivity contribution is 0.133. The summed E-state index contributed by atoms with van der Waals surface area (Å²) in [6, 6.07) is 14.2. The number of fused-ring (bicyclic) bond motifs is 1. The van der Waals surface area contributed by atoms with E-state index in [1.54, 1.807) is 6.07 Å². The second-order valence-electron chi connectivity index (χ2n) is 6.88. The van der Waals surface area contributed by atoms with Crippen LogP contribution < -0.4 is 0 Å². The molecular formula is C20H23N3O2. The van der Waals surface area contributed by atoms with Crippen molar-refractivity contribution in [2.24, 2.45) is 0 Å². The summed E-state index contributed by atoms with van der Waals surface area (Å²) >= 11 is 0. The van der Waals surface area contributed by atoms with Gasteiger partial charge >= 0.3 is 0 Å². The van der Waals surface area contributed by atoms with Gasteiger partial charge in [0.1, 0.15) is 16.8 Å². The molecule has 2 heterocycles. The Balaban J connectivity index is 1.46. The van der Waals surface area contributed by atoms with Crippen molar-refractivity contribution in [3.63, 3.8) is 0 Å². The molecule has 1 fully saturated rings. The van der Waals surface area contributed by atoms with Gasteiger partial charge < -0.3 is 5.11 Å². The number of aromatic nitrogens is 2. The van der Waals surface area contributed by atoms with Gasteiger partial charge in [-0.15, -0.1) is 0 Å². The van der Waals surface area contributed by atoms with Gasteiger partial charge in [-0.25, -0.2) is 4.63 Å². The Morgan fingerprint density at radius 3 is 2.96 bits per heavy atom. The van der Waals surface area contributed by atoms with Crippen molar-refractivity contribution >= 4 is 11.0 Å². The summed E-state index contributed by atoms with van der Waals surface area (Å²) in [5.41, 5.74) is 4.09. The highest BCUT2D eigenvalue weighted by molar-refractivity contribution is 5.76. The summed E-state index contributed by atoms with van der Waals surface area (Å²) in [6.07, 6.45) is 5.86. The number of benzene rings is 2. The highest BCUT2D eigenvalue weighted by atomic mass is 16.6. The number of nitrogens with zero attached hydrogens (tertiary/aromatic N) is 3. The Morgan fingerprint density at radius 2 is 2.04 bits per heavy atom. The molecule has 1 aliphatic rings. The lowest BCUT2D eigenvalue weighted by Crippen LogP contribution is -2.39. The van der Waals surface area contributed by atoms with Crippen molar-refractivity contribution in [1.82, 2.24) is 15.2 Å². The first-order valence-electron chi connectivity index (χ1n) is 9.02. The maximum absolute atomic E-state index is 9.64. The number of hydrogen-bond donors (Lipinski definition) is 1. The molecule has 1 saturated heterocycles. The lowest BCUT2D eigenvalue weighted by atomic mass is 9.95. The van der Waals surface area contributed by atoms with E-state index in [2.05, 4.69) is 27.3 Å². The third kappa shape index (κ3) is 3.66. The van der Waals surface area contributed by atoms with Gasteiger partial charge in [0.2, 0.25) is 0 Å². The van der Waals surface area contributed by atoms with Gasteiger partial charge in [0, 0.05) is 12.6 Å². The van der Waals surface area contributed by atoms with Crippen LogP contribution in [0, 0.1) is 0 Å². The summed E-state index contributed by atoms with van der Waals surface area (Å²) < 4.78 is 4.90. The molecule has 0 spiro atoms. The quantitative estimate of drug-likeness (QED) is 0.764. The number of aryl methyl sites for hydroxylation is 1. The number of likely N-dealkylation sites (tertiary alicyclic amines) is 1. The average Bonchev–Trinajstić information content (AvgIpc) is 3.11. The summed E-state index contributed by atoms with van der Waals surface area (Å²) in [5.74, 6) is 0.350. The molecule has 2 aromatic carbocycles. The molecule has 130 valence electrons. The average molecular weight is 337 g/mol. The van der Waals surface area contributed by atoms with E-state index < -0.39 is 0 Å². The van der Waals surface area contributed by atoms with E-state index in [9.17, 15) is 5.11 Å². The monoisotopic (exact) mass is 337 g/mol. The van der Waals surface area contributed by atoms with E-state index in [0.29, 0.717) is 11.8 Å². The van der Waals surface area contributed by atoms with Crippen LogP contribution in [0.25, 0.3) is 11.0 Å². The standard InChI is InChI=1S/C20H23N3O2/c24-18-8-3-5-15(13-18)10-11-17-7-1-2-12-23(17)14-16-6-4-9-19-20(16)22-25-21-19/h3-6,8-9,13,17,24H,1-2,7,10-12,14H2. The fraction of sp³-hybridized carbons (Fsp3) is 0.400. The molecule has 1 aliphatic heterocycles. The zero-order valence-electron chi connectivity index (χ0n) is 14.3. The van der Waals surface area contributed by atoms with Crippen LogP contribution in [0.3, 0.4) is 0 Å². The van der Waals surface area contributed by atoms with Crippen molar-refractivity contribution in [3.8, 4) is 5.75 Å². The van der Waals surface area contributed by atoms with E-state index in [0.717, 1.165) is 37.0 Å². The molecule has 1 N–H and O–H groups in total. The number of aromatic hydroxyl groups is 1. The predicted molar refractivity (Wildman–Crippen MR) is 96.3 cm³/mol. The molecule has 25 heavy (non-hydrogen) atoms. The molecule has 0 bridgehead atoms. The van der Waals surface area contributed by atoms with Crippen molar-refractivity contribution < 1.29 is 9.74 Å². The lowest BCUT2D eigenvalue weighted by Gasteiger charge is -2.36. The number of hydrogen-bond acceptors (Lipinski definition) is 5. The van der Waals surface area contributed by atoms with Gasteiger partial charge in [-0.05, 0) is 71.9 Å². The molecule has 4 rings (SSSR count). The number of phenolic OH excluding ortho intramolecular Hbond substituents is 1. The summed E-state index contributed by atoms with van der Waals surface area (Å²) in [7, 11) is 0. The Labute approximate surface area is 147 Å². The minimum Gasteiger partial charge on any atom is -0.508 e. The maximum atomic E-state index is 9.64. The number of piperidine rings is 1. The van der Waals surface area contributed by atoms with Crippen LogP contribution in [-0.2, 0) is 13.0 Å². The minimum atomic E-state index is 0.350.